The highest BCUT2D eigenvalue weighted by Gasteiger charge is 2.29. The summed E-state index contributed by atoms with van der Waals surface area (Å²) in [5.41, 5.74) is 4.58. The molecular formula is C21H22N2O4S. The van der Waals surface area contributed by atoms with Crippen LogP contribution in [0.3, 0.4) is 0 Å². The number of carbonyl (C=O) groups excluding carboxylic acids is 1. The molecule has 1 aliphatic rings. The average Bonchev–Trinajstić information content (AvgIpc) is 2.83. The van der Waals surface area contributed by atoms with Crippen LogP contribution in [0.4, 0.5) is 5.69 Å². The van der Waals surface area contributed by atoms with Crippen LogP contribution in [0.5, 0.6) is 17.2 Å². The lowest BCUT2D eigenvalue weighted by Crippen LogP contribution is -2.26. The number of methoxy groups -OCH3 is 3. The van der Waals surface area contributed by atoms with Crippen molar-refractivity contribution >= 4 is 29.0 Å². The second-order valence-corrected chi connectivity index (χ2v) is 6.63. The molecule has 7 heteroatoms. The van der Waals surface area contributed by atoms with Gasteiger partial charge in [0.15, 0.2) is 11.5 Å². The number of aliphatic imine (C=N–C) groups is 1. The van der Waals surface area contributed by atoms with Crippen molar-refractivity contribution in [2.75, 3.05) is 21.3 Å². The number of aryl methyl sites for hydroxylation is 1. The molecule has 0 saturated heterocycles. The zero-order valence-electron chi connectivity index (χ0n) is 16.3. The van der Waals surface area contributed by atoms with Gasteiger partial charge in [-0.05, 0) is 59.9 Å². The molecule has 146 valence electrons. The Hall–Kier alpha value is -2.89. The van der Waals surface area contributed by atoms with Gasteiger partial charge in [0.25, 0.3) is 0 Å². The number of thiocarbonyl (C=S) groups is 1. The van der Waals surface area contributed by atoms with Crippen molar-refractivity contribution in [3.8, 4) is 28.4 Å². The van der Waals surface area contributed by atoms with Crippen LogP contribution >= 0.6 is 12.2 Å². The zero-order valence-corrected chi connectivity index (χ0v) is 17.1. The molecule has 6 nitrogen and oxygen atoms in total. The largest absolute Gasteiger partial charge is 0.493 e. The minimum atomic E-state index is -0.165. The molecule has 0 radical (unpaired) electrons. The van der Waals surface area contributed by atoms with Crippen LogP contribution in [0.25, 0.3) is 11.1 Å². The first-order chi connectivity index (χ1) is 13.5. The Morgan fingerprint density at radius 2 is 2.07 bits per heavy atom. The highest BCUT2D eigenvalue weighted by molar-refractivity contribution is 7.78. The standard InChI is InChI=1S/C21H22N2O4S/c1-12(24)23-17-8-5-13-9-18(25-2)20(26-3)21(27-4)19(13)15-7-6-14(22-11-28)10-16(15)17/h6-7,9-10,17H,5,8H2,1-4H3,(H,23,24)/t17-/m0/s1/i3+2. The lowest BCUT2D eigenvalue weighted by atomic mass is 9.93. The maximum absolute atomic E-state index is 11.8. The second kappa shape index (κ2) is 8.42. The van der Waals surface area contributed by atoms with Gasteiger partial charge < -0.3 is 19.5 Å². The summed E-state index contributed by atoms with van der Waals surface area (Å²) < 4.78 is 16.8. The SMILES string of the molecule is COc1cc2c(c(OC)c1O[14CH3])-c1ccc(N=C=S)cc1[C@@H](NC(C)=O)CC2. The average molecular weight is 400 g/mol. The smallest absolute Gasteiger partial charge is 0.217 e. The lowest BCUT2D eigenvalue weighted by Gasteiger charge is -2.21. The van der Waals surface area contributed by atoms with Crippen molar-refractivity contribution in [2.45, 2.75) is 25.8 Å². The van der Waals surface area contributed by atoms with E-state index in [2.05, 4.69) is 15.5 Å². The monoisotopic (exact) mass is 400 g/mol. The van der Waals surface area contributed by atoms with Crippen LogP contribution in [-0.2, 0) is 11.2 Å². The summed E-state index contributed by atoms with van der Waals surface area (Å²) in [6.45, 7) is 1.52. The van der Waals surface area contributed by atoms with Gasteiger partial charge in [0.1, 0.15) is 0 Å². The van der Waals surface area contributed by atoms with Gasteiger partial charge in [0.2, 0.25) is 11.7 Å². The summed E-state index contributed by atoms with van der Waals surface area (Å²) in [6.07, 6.45) is 1.46. The van der Waals surface area contributed by atoms with E-state index in [9.17, 15) is 4.79 Å². The van der Waals surface area contributed by atoms with E-state index >= 15 is 0 Å². The number of hydrogen-bond acceptors (Lipinski definition) is 6. The Labute approximate surface area is 169 Å². The molecule has 2 aromatic carbocycles. The van der Waals surface area contributed by atoms with Gasteiger partial charge in [-0.25, -0.2) is 0 Å². The Morgan fingerprint density at radius 1 is 1.29 bits per heavy atom. The molecule has 2 aromatic rings. The fraction of sp³-hybridized carbons (Fsp3) is 0.333. The molecule has 28 heavy (non-hydrogen) atoms. The van der Waals surface area contributed by atoms with Crippen molar-refractivity contribution in [1.82, 2.24) is 5.32 Å². The van der Waals surface area contributed by atoms with Crippen molar-refractivity contribution < 1.29 is 19.0 Å². The first kappa shape index (κ1) is 19.9. The quantitative estimate of drug-likeness (QED) is 0.601. The van der Waals surface area contributed by atoms with E-state index in [1.165, 1.54) is 6.92 Å². The summed E-state index contributed by atoms with van der Waals surface area (Å²) in [4.78, 5) is 15.9. The molecule has 0 unspecified atom stereocenters. The number of rotatable bonds is 5. The summed E-state index contributed by atoms with van der Waals surface area (Å²) in [6, 6.07) is 7.57. The lowest BCUT2D eigenvalue weighted by molar-refractivity contribution is -0.119. The number of nitrogens with one attached hydrogen (secondary N) is 1. The van der Waals surface area contributed by atoms with Crippen molar-refractivity contribution in [1.29, 1.82) is 0 Å². The first-order valence-corrected chi connectivity index (χ1v) is 9.26. The van der Waals surface area contributed by atoms with E-state index < -0.39 is 0 Å². The van der Waals surface area contributed by atoms with Crippen LogP contribution in [0.1, 0.15) is 30.5 Å². The van der Waals surface area contributed by atoms with Crippen LogP contribution in [0, 0.1) is 0 Å². The van der Waals surface area contributed by atoms with Crippen LogP contribution in [0.15, 0.2) is 29.3 Å². The molecule has 0 aliphatic heterocycles. The van der Waals surface area contributed by atoms with Crippen molar-refractivity contribution in [2.24, 2.45) is 4.99 Å². The molecule has 0 heterocycles. The van der Waals surface area contributed by atoms with E-state index in [4.69, 9.17) is 26.4 Å². The Balaban J connectivity index is 2.33. The number of isothiocyanates is 1. The number of hydrogen-bond donors (Lipinski definition) is 1. The van der Waals surface area contributed by atoms with Gasteiger partial charge in [-0.2, -0.15) is 4.99 Å². The van der Waals surface area contributed by atoms with Gasteiger partial charge in [-0.1, -0.05) is 6.07 Å². The van der Waals surface area contributed by atoms with Crippen LogP contribution < -0.4 is 19.5 Å². The maximum atomic E-state index is 11.8. The maximum Gasteiger partial charge on any atom is 0.217 e. The third-order valence-electron chi connectivity index (χ3n) is 4.85. The molecule has 1 N–H and O–H groups in total. The Morgan fingerprint density at radius 3 is 2.68 bits per heavy atom. The summed E-state index contributed by atoms with van der Waals surface area (Å²) >= 11 is 4.74. The predicted molar refractivity (Wildman–Crippen MR) is 111 cm³/mol. The first-order valence-electron chi connectivity index (χ1n) is 8.85. The normalized spacial score (nSPS) is 14.6. The third kappa shape index (κ3) is 3.59. The van der Waals surface area contributed by atoms with Crippen molar-refractivity contribution in [3.63, 3.8) is 0 Å². The molecule has 3 rings (SSSR count). The van der Waals surface area contributed by atoms with Gasteiger partial charge in [-0.3, -0.25) is 4.79 Å². The minimum absolute atomic E-state index is 0.0900. The van der Waals surface area contributed by atoms with Gasteiger partial charge in [-0.15, -0.1) is 0 Å². The van der Waals surface area contributed by atoms with Gasteiger partial charge >= 0.3 is 0 Å². The van der Waals surface area contributed by atoms with Crippen molar-refractivity contribution in [3.05, 3.63) is 35.4 Å². The van der Waals surface area contributed by atoms with E-state index in [-0.39, 0.29) is 11.9 Å². The predicted octanol–water partition coefficient (Wildman–Crippen LogP) is 4.24. The zero-order chi connectivity index (χ0) is 20.3. The number of ether oxygens (including phenoxy) is 3. The van der Waals surface area contributed by atoms with Gasteiger partial charge in [0, 0.05) is 12.5 Å². The van der Waals surface area contributed by atoms with E-state index in [0.29, 0.717) is 22.9 Å². The molecule has 1 atom stereocenters. The number of fused-ring (bicyclic) bond motifs is 3. The van der Waals surface area contributed by atoms with E-state index in [1.807, 2.05) is 24.3 Å². The highest BCUT2D eigenvalue weighted by atomic mass is 32.1. The number of carbonyl (C=O) groups is 1. The summed E-state index contributed by atoms with van der Waals surface area (Å²) in [7, 11) is 4.80. The molecular weight excluding hydrogens is 378 g/mol. The fourth-order valence-electron chi connectivity index (χ4n) is 3.74. The Bertz CT molecular complexity index is 967. The highest BCUT2D eigenvalue weighted by Crippen LogP contribution is 2.50. The Kier molecular flexibility index (Phi) is 5.97. The molecule has 0 saturated carbocycles. The topological polar surface area (TPSA) is 69.2 Å². The number of benzene rings is 2. The van der Waals surface area contributed by atoms with Crippen LogP contribution in [-0.4, -0.2) is 32.4 Å². The molecule has 0 spiro atoms. The minimum Gasteiger partial charge on any atom is -0.493 e. The number of amides is 1. The van der Waals surface area contributed by atoms with E-state index in [1.54, 1.807) is 21.3 Å². The summed E-state index contributed by atoms with van der Waals surface area (Å²) in [5.74, 6) is 1.66. The molecule has 0 fully saturated rings. The van der Waals surface area contributed by atoms with Gasteiger partial charge in [0.05, 0.1) is 38.2 Å². The fourth-order valence-corrected chi connectivity index (χ4v) is 3.84. The van der Waals surface area contributed by atoms with Crippen LogP contribution in [0.2, 0.25) is 0 Å². The second-order valence-electron chi connectivity index (χ2n) is 6.45. The third-order valence-corrected chi connectivity index (χ3v) is 4.94. The summed E-state index contributed by atoms with van der Waals surface area (Å²) in [5, 5.41) is 5.44. The van der Waals surface area contributed by atoms with E-state index in [0.717, 1.165) is 35.1 Å². The number of nitrogens with zero attached hydrogens (tertiary/aromatic N) is 1. The molecule has 1 amide bonds. The molecule has 0 bridgehead atoms. The molecule has 0 aromatic heterocycles. The molecule has 1 aliphatic carbocycles.